The molecule has 3 rings (SSSR count). The number of para-hydroxylation sites is 1. The monoisotopic (exact) mass is 308 g/mol. The van der Waals surface area contributed by atoms with Gasteiger partial charge in [0.05, 0.1) is 5.56 Å². The molecular formula is C19H16O4. The summed E-state index contributed by atoms with van der Waals surface area (Å²) >= 11 is 0. The van der Waals surface area contributed by atoms with Crippen LogP contribution in [0.1, 0.15) is 34.1 Å². The Morgan fingerprint density at radius 1 is 1.00 bits per heavy atom. The number of carbonyl (C=O) groups excluding carboxylic acids is 3. The summed E-state index contributed by atoms with van der Waals surface area (Å²) in [7, 11) is 0. The zero-order valence-corrected chi connectivity index (χ0v) is 12.7. The molecule has 2 aromatic rings. The second-order valence-electron chi connectivity index (χ2n) is 5.60. The molecule has 0 aliphatic carbocycles. The Bertz CT molecular complexity index is 764. The average Bonchev–Trinajstić information content (AvgIpc) is 2.55. The molecular weight excluding hydrogens is 292 g/mol. The number of rotatable bonds is 4. The summed E-state index contributed by atoms with van der Waals surface area (Å²) in [6.07, 6.45) is -0.767. The molecule has 23 heavy (non-hydrogen) atoms. The van der Waals surface area contributed by atoms with Gasteiger partial charge in [0.15, 0.2) is 11.6 Å². The maximum Gasteiger partial charge on any atom is 0.180 e. The highest BCUT2D eigenvalue weighted by atomic mass is 16.5. The smallest absolute Gasteiger partial charge is 0.180 e. The van der Waals surface area contributed by atoms with E-state index in [0.717, 1.165) is 0 Å². The van der Waals surface area contributed by atoms with Crippen molar-refractivity contribution in [2.75, 3.05) is 0 Å². The summed E-state index contributed by atoms with van der Waals surface area (Å²) < 4.78 is 5.81. The van der Waals surface area contributed by atoms with Gasteiger partial charge in [-0.1, -0.05) is 42.5 Å². The third-order valence-corrected chi connectivity index (χ3v) is 4.01. The quantitative estimate of drug-likeness (QED) is 0.643. The van der Waals surface area contributed by atoms with Gasteiger partial charge >= 0.3 is 0 Å². The van der Waals surface area contributed by atoms with Gasteiger partial charge in [-0.15, -0.1) is 0 Å². The van der Waals surface area contributed by atoms with Gasteiger partial charge in [0.1, 0.15) is 23.6 Å². The number of ketones is 3. The van der Waals surface area contributed by atoms with E-state index in [-0.39, 0.29) is 23.8 Å². The van der Waals surface area contributed by atoms with Crippen LogP contribution >= 0.6 is 0 Å². The number of ether oxygens (including phenoxy) is 1. The first kappa shape index (κ1) is 15.2. The number of Topliss-reactive ketones (excluding diaryl/α,β-unsaturated/α-hetero) is 3. The molecule has 2 unspecified atom stereocenters. The van der Waals surface area contributed by atoms with Crippen molar-refractivity contribution in [3.8, 4) is 5.75 Å². The standard InChI is InChI=1S/C19H16O4/c1-12(20)18-17(11-15(21)13-7-3-2-4-8-13)23-16-10-6-5-9-14(16)19(18)22/h2-10,17-18H,11H2,1H3. The highest BCUT2D eigenvalue weighted by molar-refractivity contribution is 6.13. The maximum absolute atomic E-state index is 12.6. The Morgan fingerprint density at radius 3 is 2.35 bits per heavy atom. The number of hydrogen-bond acceptors (Lipinski definition) is 4. The molecule has 2 aromatic carbocycles. The molecule has 4 nitrogen and oxygen atoms in total. The van der Waals surface area contributed by atoms with Crippen LogP contribution in [0.2, 0.25) is 0 Å². The maximum atomic E-state index is 12.6. The number of carbonyl (C=O) groups is 3. The lowest BCUT2D eigenvalue weighted by Gasteiger charge is -2.30. The van der Waals surface area contributed by atoms with Crippen LogP contribution in [0.25, 0.3) is 0 Å². The number of hydrogen-bond donors (Lipinski definition) is 0. The van der Waals surface area contributed by atoms with E-state index in [4.69, 9.17) is 4.74 Å². The lowest BCUT2D eigenvalue weighted by molar-refractivity contribution is -0.121. The van der Waals surface area contributed by atoms with Crippen molar-refractivity contribution >= 4 is 17.3 Å². The molecule has 1 aliphatic heterocycles. The van der Waals surface area contributed by atoms with Crippen LogP contribution < -0.4 is 4.74 Å². The van der Waals surface area contributed by atoms with Gasteiger partial charge in [0.25, 0.3) is 0 Å². The molecule has 0 aromatic heterocycles. The molecule has 0 amide bonds. The highest BCUT2D eigenvalue weighted by Gasteiger charge is 2.41. The van der Waals surface area contributed by atoms with Gasteiger partial charge in [-0.25, -0.2) is 0 Å². The zero-order valence-electron chi connectivity index (χ0n) is 12.7. The highest BCUT2D eigenvalue weighted by Crippen LogP contribution is 2.33. The third kappa shape index (κ3) is 2.93. The molecule has 116 valence electrons. The van der Waals surface area contributed by atoms with Crippen molar-refractivity contribution in [3.63, 3.8) is 0 Å². The fraction of sp³-hybridized carbons (Fsp3) is 0.211. The van der Waals surface area contributed by atoms with Crippen LogP contribution in [-0.4, -0.2) is 23.5 Å². The van der Waals surface area contributed by atoms with Crippen molar-refractivity contribution in [1.29, 1.82) is 0 Å². The minimum atomic E-state index is -0.933. The number of fused-ring (bicyclic) bond motifs is 1. The van der Waals surface area contributed by atoms with Gasteiger partial charge in [-0.05, 0) is 19.1 Å². The van der Waals surface area contributed by atoms with Crippen LogP contribution in [-0.2, 0) is 4.79 Å². The lowest BCUT2D eigenvalue weighted by atomic mass is 9.84. The Labute approximate surface area is 134 Å². The molecule has 0 bridgehead atoms. The molecule has 0 saturated heterocycles. The van der Waals surface area contributed by atoms with Crippen molar-refractivity contribution in [2.24, 2.45) is 5.92 Å². The zero-order chi connectivity index (χ0) is 16.4. The van der Waals surface area contributed by atoms with Crippen molar-refractivity contribution < 1.29 is 19.1 Å². The minimum Gasteiger partial charge on any atom is -0.488 e. The molecule has 2 atom stereocenters. The Kier molecular flexibility index (Phi) is 4.06. The first-order valence-corrected chi connectivity index (χ1v) is 7.46. The van der Waals surface area contributed by atoms with Crippen LogP contribution in [0.3, 0.4) is 0 Å². The van der Waals surface area contributed by atoms with Crippen LogP contribution in [0.5, 0.6) is 5.75 Å². The van der Waals surface area contributed by atoms with Gasteiger partial charge in [0, 0.05) is 12.0 Å². The van der Waals surface area contributed by atoms with Gasteiger partial charge in [0.2, 0.25) is 0 Å². The summed E-state index contributed by atoms with van der Waals surface area (Å²) in [5.74, 6) is -1.20. The molecule has 4 heteroatoms. The van der Waals surface area contributed by atoms with Crippen LogP contribution in [0.15, 0.2) is 54.6 Å². The molecule has 0 fully saturated rings. The fourth-order valence-electron chi connectivity index (χ4n) is 2.87. The van der Waals surface area contributed by atoms with Crippen molar-refractivity contribution in [2.45, 2.75) is 19.4 Å². The predicted molar refractivity (Wildman–Crippen MR) is 84.7 cm³/mol. The average molecular weight is 308 g/mol. The third-order valence-electron chi connectivity index (χ3n) is 4.01. The fourth-order valence-corrected chi connectivity index (χ4v) is 2.87. The first-order chi connectivity index (χ1) is 11.1. The molecule has 1 aliphatic rings. The topological polar surface area (TPSA) is 60.4 Å². The molecule has 0 spiro atoms. The van der Waals surface area contributed by atoms with Gasteiger partial charge in [-0.2, -0.15) is 0 Å². The summed E-state index contributed by atoms with van der Waals surface area (Å²) in [5, 5.41) is 0. The lowest BCUT2D eigenvalue weighted by Crippen LogP contribution is -2.42. The molecule has 0 N–H and O–H groups in total. The van der Waals surface area contributed by atoms with E-state index in [1.165, 1.54) is 6.92 Å². The number of benzene rings is 2. The predicted octanol–water partition coefficient (Wildman–Crippen LogP) is 3.11. The van der Waals surface area contributed by atoms with Gasteiger partial charge < -0.3 is 4.74 Å². The molecule has 0 saturated carbocycles. The summed E-state index contributed by atoms with van der Waals surface area (Å²) in [6.45, 7) is 1.36. The summed E-state index contributed by atoms with van der Waals surface area (Å²) in [5.41, 5.74) is 0.945. The van der Waals surface area contributed by atoms with Gasteiger partial charge in [-0.3, -0.25) is 14.4 Å². The van der Waals surface area contributed by atoms with E-state index in [1.807, 2.05) is 6.07 Å². The SMILES string of the molecule is CC(=O)C1C(=O)c2ccccc2OC1CC(=O)c1ccccc1. The normalized spacial score (nSPS) is 19.6. The van der Waals surface area contributed by atoms with E-state index in [1.54, 1.807) is 48.5 Å². The second-order valence-corrected chi connectivity index (χ2v) is 5.60. The largest absolute Gasteiger partial charge is 0.488 e. The van der Waals surface area contributed by atoms with E-state index in [0.29, 0.717) is 16.9 Å². The molecule has 1 heterocycles. The second kappa shape index (κ2) is 6.16. The minimum absolute atomic E-state index is 0.00562. The Morgan fingerprint density at radius 2 is 1.65 bits per heavy atom. The van der Waals surface area contributed by atoms with Crippen LogP contribution in [0, 0.1) is 5.92 Å². The summed E-state index contributed by atoms with van der Waals surface area (Å²) in [6, 6.07) is 15.6. The van der Waals surface area contributed by atoms with E-state index < -0.39 is 12.0 Å². The van der Waals surface area contributed by atoms with E-state index >= 15 is 0 Å². The Balaban J connectivity index is 1.90. The van der Waals surface area contributed by atoms with E-state index in [9.17, 15) is 14.4 Å². The molecule has 0 radical (unpaired) electrons. The van der Waals surface area contributed by atoms with Crippen LogP contribution in [0.4, 0.5) is 0 Å². The Hall–Kier alpha value is -2.75. The summed E-state index contributed by atoms with van der Waals surface area (Å²) in [4.78, 5) is 36.9. The van der Waals surface area contributed by atoms with Crippen molar-refractivity contribution in [3.05, 3.63) is 65.7 Å². The van der Waals surface area contributed by atoms with E-state index in [2.05, 4.69) is 0 Å². The van der Waals surface area contributed by atoms with Crippen molar-refractivity contribution in [1.82, 2.24) is 0 Å². The first-order valence-electron chi connectivity index (χ1n) is 7.46.